The third-order valence-corrected chi connectivity index (χ3v) is 7.18. The molecule has 0 saturated heterocycles. The molecule has 0 aliphatic heterocycles. The number of benzene rings is 2. The minimum Gasteiger partial charge on any atom is -0.494 e. The predicted octanol–water partition coefficient (Wildman–Crippen LogP) is 4.70. The number of carbonyl (C=O) groups excluding carboxylic acids is 1. The summed E-state index contributed by atoms with van der Waals surface area (Å²) in [6.45, 7) is 3.03. The molecule has 1 aromatic heterocycles. The summed E-state index contributed by atoms with van der Waals surface area (Å²) in [5.41, 5.74) is 1.02. The fraction of sp³-hybridized carbons (Fsp3) is 0.292. The maximum atomic E-state index is 12.8. The van der Waals surface area contributed by atoms with Crippen LogP contribution in [-0.2, 0) is 9.84 Å². The quantitative estimate of drug-likeness (QED) is 0.405. The Morgan fingerprint density at radius 1 is 1.06 bits per heavy atom. The highest BCUT2D eigenvalue weighted by Gasteiger charge is 2.24. The largest absolute Gasteiger partial charge is 0.494 e. The van der Waals surface area contributed by atoms with Crippen molar-refractivity contribution in [3.8, 4) is 5.75 Å². The van der Waals surface area contributed by atoms with Gasteiger partial charge in [0.2, 0.25) is 14.9 Å². The number of rotatable bonds is 10. The molecule has 7 nitrogen and oxygen atoms in total. The second-order valence-electron chi connectivity index (χ2n) is 7.68. The van der Waals surface area contributed by atoms with Gasteiger partial charge in [0.25, 0.3) is 5.91 Å². The van der Waals surface area contributed by atoms with Gasteiger partial charge in [-0.1, -0.05) is 35.0 Å². The van der Waals surface area contributed by atoms with Gasteiger partial charge in [-0.05, 0) is 74.6 Å². The molecule has 1 amide bonds. The van der Waals surface area contributed by atoms with Crippen molar-refractivity contribution in [2.45, 2.75) is 29.4 Å². The molecule has 2 aromatic carbocycles. The highest BCUT2D eigenvalue weighted by atomic mass is 79.9. The lowest BCUT2D eigenvalue weighted by Crippen LogP contribution is -2.34. The number of likely N-dealkylation sites (N-methyl/N-ethyl adjacent to an activating group) is 1. The lowest BCUT2D eigenvalue weighted by atomic mass is 10.1. The third kappa shape index (κ3) is 6.25. The number of ether oxygens (including phenoxy) is 1. The molecule has 0 fully saturated rings. The van der Waals surface area contributed by atoms with Gasteiger partial charge in [0.05, 0.1) is 17.5 Å². The molecule has 1 heterocycles. The van der Waals surface area contributed by atoms with Gasteiger partial charge in [0.15, 0.2) is 5.76 Å². The summed E-state index contributed by atoms with van der Waals surface area (Å²) < 4.78 is 37.3. The standard InChI is InChI=1S/C24H27BrN2O5S/c1-4-15-31-19-9-5-17(6-10-19)21(27(2)3)16-26-24(28)22-13-14-23(32-22)33(29,30)20-11-7-18(25)8-12-20/h5-14,21H,4,15-16H2,1-3H3,(H,26,28). The van der Waals surface area contributed by atoms with Crippen LogP contribution in [-0.4, -0.2) is 46.5 Å². The first-order valence-electron chi connectivity index (χ1n) is 10.5. The highest BCUT2D eigenvalue weighted by Crippen LogP contribution is 2.25. The summed E-state index contributed by atoms with van der Waals surface area (Å²) in [5, 5.41) is 2.56. The van der Waals surface area contributed by atoms with Crippen LogP contribution < -0.4 is 10.1 Å². The van der Waals surface area contributed by atoms with Crippen LogP contribution in [0.25, 0.3) is 0 Å². The van der Waals surface area contributed by atoms with Crippen LogP contribution in [0.5, 0.6) is 5.75 Å². The molecule has 0 aliphatic carbocycles. The topological polar surface area (TPSA) is 88.8 Å². The molecule has 1 atom stereocenters. The fourth-order valence-electron chi connectivity index (χ4n) is 3.20. The minimum atomic E-state index is -3.85. The van der Waals surface area contributed by atoms with E-state index in [4.69, 9.17) is 9.15 Å². The second kappa shape index (κ2) is 11.0. The summed E-state index contributed by atoms with van der Waals surface area (Å²) in [6, 6.07) is 16.6. The van der Waals surface area contributed by atoms with E-state index in [1.165, 1.54) is 24.3 Å². The van der Waals surface area contributed by atoms with Crippen molar-refractivity contribution in [2.75, 3.05) is 27.2 Å². The van der Waals surface area contributed by atoms with E-state index in [0.717, 1.165) is 22.2 Å². The van der Waals surface area contributed by atoms with Crippen molar-refractivity contribution in [1.82, 2.24) is 10.2 Å². The van der Waals surface area contributed by atoms with Crippen molar-refractivity contribution in [3.63, 3.8) is 0 Å². The second-order valence-corrected chi connectivity index (χ2v) is 10.5. The van der Waals surface area contributed by atoms with Gasteiger partial charge in [0, 0.05) is 11.0 Å². The maximum absolute atomic E-state index is 12.8. The number of halogens is 1. The molecule has 3 rings (SSSR count). The Labute approximate surface area is 202 Å². The van der Waals surface area contributed by atoms with Crippen molar-refractivity contribution in [2.24, 2.45) is 0 Å². The van der Waals surface area contributed by atoms with Gasteiger partial charge < -0.3 is 19.4 Å². The molecular formula is C24H27BrN2O5S. The van der Waals surface area contributed by atoms with Gasteiger partial charge in [-0.25, -0.2) is 8.42 Å². The van der Waals surface area contributed by atoms with Crippen LogP contribution in [0.2, 0.25) is 0 Å². The first-order chi connectivity index (χ1) is 15.7. The summed E-state index contributed by atoms with van der Waals surface area (Å²) in [6.07, 6.45) is 0.938. The molecule has 3 aromatic rings. The van der Waals surface area contributed by atoms with Crippen LogP contribution in [0.4, 0.5) is 0 Å². The predicted molar refractivity (Wildman–Crippen MR) is 129 cm³/mol. The van der Waals surface area contributed by atoms with E-state index in [-0.39, 0.29) is 21.8 Å². The summed E-state index contributed by atoms with van der Waals surface area (Å²) in [5.74, 6) is 0.255. The monoisotopic (exact) mass is 534 g/mol. The van der Waals surface area contributed by atoms with Crippen LogP contribution in [0.1, 0.15) is 35.5 Å². The Morgan fingerprint density at radius 2 is 1.73 bits per heavy atom. The zero-order valence-electron chi connectivity index (χ0n) is 18.7. The summed E-state index contributed by atoms with van der Waals surface area (Å²) >= 11 is 3.28. The third-order valence-electron chi connectivity index (χ3n) is 5.01. The van der Waals surface area contributed by atoms with E-state index in [1.807, 2.05) is 43.3 Å². The number of carbonyl (C=O) groups is 1. The molecule has 1 unspecified atom stereocenters. The summed E-state index contributed by atoms with van der Waals surface area (Å²) in [4.78, 5) is 14.7. The number of hydrogen-bond acceptors (Lipinski definition) is 6. The van der Waals surface area contributed by atoms with E-state index < -0.39 is 15.7 Å². The smallest absolute Gasteiger partial charge is 0.287 e. The Balaban J connectivity index is 1.68. The van der Waals surface area contributed by atoms with Gasteiger partial charge >= 0.3 is 0 Å². The Bertz CT molecular complexity index is 1170. The van der Waals surface area contributed by atoms with E-state index in [9.17, 15) is 13.2 Å². The number of hydrogen-bond donors (Lipinski definition) is 1. The molecule has 0 radical (unpaired) electrons. The van der Waals surface area contributed by atoms with Gasteiger partial charge in [-0.2, -0.15) is 0 Å². The van der Waals surface area contributed by atoms with Crippen LogP contribution in [0, 0.1) is 0 Å². The van der Waals surface area contributed by atoms with Crippen LogP contribution in [0.15, 0.2) is 79.5 Å². The number of amides is 1. The zero-order valence-corrected chi connectivity index (χ0v) is 21.1. The molecule has 9 heteroatoms. The maximum Gasteiger partial charge on any atom is 0.287 e. The zero-order chi connectivity index (χ0) is 24.0. The van der Waals surface area contributed by atoms with Crippen LogP contribution >= 0.6 is 15.9 Å². The first kappa shape index (κ1) is 25.0. The van der Waals surface area contributed by atoms with E-state index in [0.29, 0.717) is 13.2 Å². The number of sulfone groups is 1. The average Bonchev–Trinajstić information content (AvgIpc) is 3.30. The minimum absolute atomic E-state index is 0.0634. The lowest BCUT2D eigenvalue weighted by molar-refractivity contribution is 0.0908. The molecule has 176 valence electrons. The lowest BCUT2D eigenvalue weighted by Gasteiger charge is -2.25. The van der Waals surface area contributed by atoms with Crippen molar-refractivity contribution >= 4 is 31.7 Å². The SMILES string of the molecule is CCCOc1ccc(C(CNC(=O)c2ccc(S(=O)(=O)c3ccc(Br)cc3)o2)N(C)C)cc1. The molecule has 0 saturated carbocycles. The molecule has 0 bridgehead atoms. The molecular weight excluding hydrogens is 508 g/mol. The van der Waals surface area contributed by atoms with E-state index in [2.05, 4.69) is 28.2 Å². The molecule has 1 N–H and O–H groups in total. The first-order valence-corrected chi connectivity index (χ1v) is 12.8. The molecule has 0 aliphatic rings. The number of nitrogens with one attached hydrogen (secondary N) is 1. The normalized spacial score (nSPS) is 12.5. The van der Waals surface area contributed by atoms with E-state index in [1.54, 1.807) is 12.1 Å². The Morgan fingerprint density at radius 3 is 2.33 bits per heavy atom. The van der Waals surface area contributed by atoms with Gasteiger partial charge in [-0.15, -0.1) is 0 Å². The van der Waals surface area contributed by atoms with Gasteiger partial charge in [0.1, 0.15) is 5.75 Å². The Kier molecular flexibility index (Phi) is 8.34. The fourth-order valence-corrected chi connectivity index (χ4v) is 4.64. The number of nitrogens with zero attached hydrogens (tertiary/aromatic N) is 1. The summed E-state index contributed by atoms with van der Waals surface area (Å²) in [7, 11) is -0.00521. The van der Waals surface area contributed by atoms with Crippen LogP contribution in [0.3, 0.4) is 0 Å². The van der Waals surface area contributed by atoms with Crippen molar-refractivity contribution < 1.29 is 22.4 Å². The highest BCUT2D eigenvalue weighted by molar-refractivity contribution is 9.10. The van der Waals surface area contributed by atoms with E-state index >= 15 is 0 Å². The Hall–Kier alpha value is -2.62. The number of furan rings is 1. The van der Waals surface area contributed by atoms with Crippen molar-refractivity contribution in [1.29, 1.82) is 0 Å². The van der Waals surface area contributed by atoms with Gasteiger partial charge in [-0.3, -0.25) is 4.79 Å². The molecule has 0 spiro atoms. The average molecular weight is 535 g/mol. The molecule has 33 heavy (non-hydrogen) atoms. The van der Waals surface area contributed by atoms with Crippen molar-refractivity contribution in [3.05, 3.63) is 76.5 Å².